The fourth-order valence-electron chi connectivity index (χ4n) is 2.68. The predicted octanol–water partition coefficient (Wildman–Crippen LogP) is 1.89. The number of rotatable bonds is 4. The molecule has 1 fully saturated rings. The van der Waals surface area contributed by atoms with Crippen LogP contribution in [0.15, 0.2) is 24.3 Å². The van der Waals surface area contributed by atoms with Crippen LogP contribution in [0.1, 0.15) is 25.5 Å². The quantitative estimate of drug-likeness (QED) is 0.901. The first-order valence-electron chi connectivity index (χ1n) is 6.96. The lowest BCUT2D eigenvalue weighted by molar-refractivity contribution is 0.0654. The van der Waals surface area contributed by atoms with Crippen molar-refractivity contribution in [2.45, 2.75) is 26.0 Å². The molecule has 1 aromatic rings. The molecule has 1 aliphatic heterocycles. The normalized spacial score (nSPS) is 21.3. The Bertz CT molecular complexity index is 403. The molecule has 2 rings (SSSR count). The average Bonchev–Trinajstić information content (AvgIpc) is 2.38. The van der Waals surface area contributed by atoms with Crippen LogP contribution in [0.3, 0.4) is 0 Å². The van der Waals surface area contributed by atoms with Crippen molar-refractivity contribution in [3.8, 4) is 0 Å². The maximum atomic E-state index is 13.2. The van der Waals surface area contributed by atoms with Gasteiger partial charge in [-0.1, -0.05) is 12.1 Å². The molecule has 0 bridgehead atoms. The van der Waals surface area contributed by atoms with E-state index in [9.17, 15) is 9.50 Å². The monoisotopic (exact) mass is 266 g/mol. The van der Waals surface area contributed by atoms with E-state index in [-0.39, 0.29) is 18.0 Å². The Morgan fingerprint density at radius 1 is 1.21 bits per heavy atom. The molecule has 0 saturated carbocycles. The standard InChI is InChI=1S/C15H23FN2O/c1-12(19)11-17-6-8-18(9-7-17)13(2)14-4-3-5-15(16)10-14/h3-5,10,12-13,19H,6-9,11H2,1-2H3/t12-,13+/m0/s1. The predicted molar refractivity (Wildman–Crippen MR) is 74.5 cm³/mol. The first-order valence-corrected chi connectivity index (χ1v) is 6.96. The van der Waals surface area contributed by atoms with E-state index in [0.717, 1.165) is 38.3 Å². The lowest BCUT2D eigenvalue weighted by Gasteiger charge is -2.38. The van der Waals surface area contributed by atoms with Crippen LogP contribution >= 0.6 is 0 Å². The van der Waals surface area contributed by atoms with Gasteiger partial charge in [-0.15, -0.1) is 0 Å². The highest BCUT2D eigenvalue weighted by Crippen LogP contribution is 2.22. The van der Waals surface area contributed by atoms with Crippen LogP contribution < -0.4 is 0 Å². The van der Waals surface area contributed by atoms with E-state index >= 15 is 0 Å². The van der Waals surface area contributed by atoms with Crippen molar-refractivity contribution in [1.29, 1.82) is 0 Å². The van der Waals surface area contributed by atoms with Crippen molar-refractivity contribution in [2.24, 2.45) is 0 Å². The number of piperazine rings is 1. The van der Waals surface area contributed by atoms with Crippen LogP contribution in [0.4, 0.5) is 4.39 Å². The molecule has 1 aromatic carbocycles. The zero-order chi connectivity index (χ0) is 13.8. The zero-order valence-corrected chi connectivity index (χ0v) is 11.7. The van der Waals surface area contributed by atoms with Gasteiger partial charge in [0.05, 0.1) is 6.10 Å². The minimum atomic E-state index is -0.271. The summed E-state index contributed by atoms with van der Waals surface area (Å²) in [5.74, 6) is -0.169. The lowest BCUT2D eigenvalue weighted by atomic mass is 10.1. The molecule has 19 heavy (non-hydrogen) atoms. The smallest absolute Gasteiger partial charge is 0.123 e. The van der Waals surface area contributed by atoms with Gasteiger partial charge in [0.15, 0.2) is 0 Å². The molecule has 0 radical (unpaired) electrons. The summed E-state index contributed by atoms with van der Waals surface area (Å²) in [6.07, 6.45) is -0.271. The van der Waals surface area contributed by atoms with Crippen LogP contribution in [0.2, 0.25) is 0 Å². The van der Waals surface area contributed by atoms with Crippen LogP contribution in [0, 0.1) is 5.82 Å². The van der Waals surface area contributed by atoms with Crippen molar-refractivity contribution in [3.63, 3.8) is 0 Å². The van der Waals surface area contributed by atoms with Crippen molar-refractivity contribution in [3.05, 3.63) is 35.6 Å². The Kier molecular flexibility index (Phi) is 4.91. The van der Waals surface area contributed by atoms with Crippen molar-refractivity contribution in [1.82, 2.24) is 9.80 Å². The summed E-state index contributed by atoms with van der Waals surface area (Å²) in [7, 11) is 0. The number of aliphatic hydroxyl groups excluding tert-OH is 1. The molecule has 3 nitrogen and oxygen atoms in total. The lowest BCUT2D eigenvalue weighted by Crippen LogP contribution is -2.48. The molecule has 4 heteroatoms. The van der Waals surface area contributed by atoms with Gasteiger partial charge in [0.25, 0.3) is 0 Å². The van der Waals surface area contributed by atoms with Gasteiger partial charge >= 0.3 is 0 Å². The summed E-state index contributed by atoms with van der Waals surface area (Å²) in [6.45, 7) is 8.53. The molecule has 0 spiro atoms. The molecule has 1 heterocycles. The first-order chi connectivity index (χ1) is 9.06. The number of β-amino-alcohol motifs (C(OH)–C–C–N with tert-alkyl or cyclic N) is 1. The average molecular weight is 266 g/mol. The molecule has 2 atom stereocenters. The highest BCUT2D eigenvalue weighted by atomic mass is 19.1. The Labute approximate surface area is 114 Å². The summed E-state index contributed by atoms with van der Waals surface area (Å²) in [5.41, 5.74) is 1.03. The van der Waals surface area contributed by atoms with E-state index in [0.29, 0.717) is 0 Å². The summed E-state index contributed by atoms with van der Waals surface area (Å²) in [5, 5.41) is 9.39. The molecular weight excluding hydrogens is 243 g/mol. The van der Waals surface area contributed by atoms with Crippen molar-refractivity contribution < 1.29 is 9.50 Å². The Hall–Kier alpha value is -0.970. The molecule has 0 unspecified atom stereocenters. The minimum absolute atomic E-state index is 0.169. The van der Waals surface area contributed by atoms with E-state index in [2.05, 4.69) is 16.7 Å². The molecule has 1 saturated heterocycles. The van der Waals surface area contributed by atoms with Crippen LogP contribution in [0.25, 0.3) is 0 Å². The highest BCUT2D eigenvalue weighted by molar-refractivity contribution is 5.19. The molecule has 0 amide bonds. The largest absolute Gasteiger partial charge is 0.392 e. The molecular formula is C15H23FN2O. The number of benzene rings is 1. The molecule has 1 N–H and O–H groups in total. The second-order valence-electron chi connectivity index (χ2n) is 5.42. The summed E-state index contributed by atoms with van der Waals surface area (Å²) in [4.78, 5) is 4.65. The van der Waals surface area contributed by atoms with Crippen molar-refractivity contribution >= 4 is 0 Å². The summed E-state index contributed by atoms with van der Waals surface area (Å²) in [6, 6.07) is 7.09. The molecule has 0 aliphatic carbocycles. The number of halogens is 1. The highest BCUT2D eigenvalue weighted by Gasteiger charge is 2.22. The van der Waals surface area contributed by atoms with Gasteiger partial charge in [-0.05, 0) is 31.5 Å². The van der Waals surface area contributed by atoms with E-state index < -0.39 is 0 Å². The van der Waals surface area contributed by atoms with Crippen LogP contribution in [0.5, 0.6) is 0 Å². The van der Waals surface area contributed by atoms with Gasteiger partial charge in [-0.2, -0.15) is 0 Å². The van der Waals surface area contributed by atoms with Gasteiger partial charge in [-0.25, -0.2) is 4.39 Å². The molecule has 0 aromatic heterocycles. The third-order valence-electron chi connectivity index (χ3n) is 3.81. The van der Waals surface area contributed by atoms with Gasteiger partial charge < -0.3 is 5.11 Å². The van der Waals surface area contributed by atoms with E-state index in [1.54, 1.807) is 12.1 Å². The third kappa shape index (κ3) is 4.00. The number of nitrogens with zero attached hydrogens (tertiary/aromatic N) is 2. The molecule has 1 aliphatic rings. The van der Waals surface area contributed by atoms with Gasteiger partial charge in [0, 0.05) is 38.8 Å². The fourth-order valence-corrected chi connectivity index (χ4v) is 2.68. The number of aliphatic hydroxyl groups is 1. The number of hydrogen-bond acceptors (Lipinski definition) is 3. The zero-order valence-electron chi connectivity index (χ0n) is 11.7. The topological polar surface area (TPSA) is 26.7 Å². The Morgan fingerprint density at radius 2 is 1.89 bits per heavy atom. The Morgan fingerprint density at radius 3 is 2.47 bits per heavy atom. The van der Waals surface area contributed by atoms with Gasteiger partial charge in [-0.3, -0.25) is 9.80 Å². The van der Waals surface area contributed by atoms with Crippen molar-refractivity contribution in [2.75, 3.05) is 32.7 Å². The summed E-state index contributed by atoms with van der Waals surface area (Å²) < 4.78 is 13.2. The van der Waals surface area contributed by atoms with Gasteiger partial charge in [0.1, 0.15) is 5.82 Å². The number of hydrogen-bond donors (Lipinski definition) is 1. The second-order valence-corrected chi connectivity index (χ2v) is 5.42. The van der Waals surface area contributed by atoms with Gasteiger partial charge in [0.2, 0.25) is 0 Å². The van der Waals surface area contributed by atoms with E-state index in [4.69, 9.17) is 0 Å². The van der Waals surface area contributed by atoms with E-state index in [1.807, 2.05) is 13.0 Å². The minimum Gasteiger partial charge on any atom is -0.392 e. The summed E-state index contributed by atoms with van der Waals surface area (Å²) >= 11 is 0. The SMILES string of the molecule is C[C@H](O)CN1CCN([C@H](C)c2cccc(F)c2)CC1. The maximum Gasteiger partial charge on any atom is 0.123 e. The Balaban J connectivity index is 1.90. The van der Waals surface area contributed by atoms with Crippen LogP contribution in [-0.4, -0.2) is 53.7 Å². The van der Waals surface area contributed by atoms with E-state index in [1.165, 1.54) is 6.07 Å². The maximum absolute atomic E-state index is 13.2. The van der Waals surface area contributed by atoms with Crippen LogP contribution in [-0.2, 0) is 0 Å². The fraction of sp³-hybridized carbons (Fsp3) is 0.600. The molecule has 106 valence electrons. The second kappa shape index (κ2) is 6.46. The third-order valence-corrected chi connectivity index (χ3v) is 3.81. The first kappa shape index (κ1) is 14.4.